The number of carbonyl (C=O) groups excluding carboxylic acids is 1. The Morgan fingerprint density at radius 3 is 3.06 bits per heavy atom. The van der Waals surface area contributed by atoms with Gasteiger partial charge in [0, 0.05) is 26.1 Å². The summed E-state index contributed by atoms with van der Waals surface area (Å²) in [5, 5.41) is 3.31. The summed E-state index contributed by atoms with van der Waals surface area (Å²) in [6.07, 6.45) is 1.41. The van der Waals surface area contributed by atoms with Crippen LogP contribution in [0.1, 0.15) is 12.0 Å². The third kappa shape index (κ3) is 2.20. The Balaban J connectivity index is 1.68. The smallest absolute Gasteiger partial charge is 0.264 e. The minimum absolute atomic E-state index is 0.134. The molecule has 0 aliphatic carbocycles. The molecule has 1 aromatic carbocycles. The van der Waals surface area contributed by atoms with E-state index in [4.69, 9.17) is 4.74 Å². The van der Waals surface area contributed by atoms with Crippen molar-refractivity contribution < 1.29 is 9.53 Å². The molecule has 0 radical (unpaired) electrons. The first kappa shape index (κ1) is 11.5. The monoisotopic (exact) mass is 246 g/mol. The van der Waals surface area contributed by atoms with Gasteiger partial charge in [-0.25, -0.2) is 0 Å². The Labute approximate surface area is 107 Å². The van der Waals surface area contributed by atoms with Gasteiger partial charge in [-0.05, 0) is 24.6 Å². The van der Waals surface area contributed by atoms with Crippen molar-refractivity contribution in [3.05, 3.63) is 29.8 Å². The number of nitrogens with zero attached hydrogens (tertiary/aromatic N) is 1. The molecular weight excluding hydrogens is 228 g/mol. The number of hydrogen-bond donors (Lipinski definition) is 1. The van der Waals surface area contributed by atoms with E-state index < -0.39 is 0 Å². The molecule has 2 heterocycles. The van der Waals surface area contributed by atoms with Crippen LogP contribution in [-0.4, -0.2) is 43.1 Å². The van der Waals surface area contributed by atoms with E-state index in [9.17, 15) is 4.79 Å². The molecule has 96 valence electrons. The van der Waals surface area contributed by atoms with Crippen LogP contribution < -0.4 is 10.1 Å². The second-order valence-electron chi connectivity index (χ2n) is 4.85. The van der Waals surface area contributed by atoms with Crippen molar-refractivity contribution in [2.24, 2.45) is 0 Å². The lowest BCUT2D eigenvalue weighted by Crippen LogP contribution is -2.43. The van der Waals surface area contributed by atoms with Crippen molar-refractivity contribution in [2.45, 2.75) is 18.9 Å². The fourth-order valence-corrected chi connectivity index (χ4v) is 2.59. The summed E-state index contributed by atoms with van der Waals surface area (Å²) in [5.74, 6) is 0.999. The van der Waals surface area contributed by atoms with Crippen molar-refractivity contribution in [3.8, 4) is 5.75 Å². The Hall–Kier alpha value is -1.55. The van der Waals surface area contributed by atoms with E-state index in [-0.39, 0.29) is 12.0 Å². The van der Waals surface area contributed by atoms with Crippen molar-refractivity contribution in [3.63, 3.8) is 0 Å². The lowest BCUT2D eigenvalue weighted by Gasteiger charge is -2.23. The van der Waals surface area contributed by atoms with E-state index in [1.165, 1.54) is 0 Å². The van der Waals surface area contributed by atoms with Gasteiger partial charge in [-0.1, -0.05) is 18.2 Å². The zero-order chi connectivity index (χ0) is 12.4. The van der Waals surface area contributed by atoms with Crippen LogP contribution >= 0.6 is 0 Å². The number of hydrogen-bond acceptors (Lipinski definition) is 3. The summed E-state index contributed by atoms with van der Waals surface area (Å²) in [6, 6.07) is 7.91. The zero-order valence-corrected chi connectivity index (χ0v) is 10.4. The largest absolute Gasteiger partial charge is 0.480 e. The molecule has 4 heteroatoms. The molecule has 1 N–H and O–H groups in total. The lowest BCUT2D eigenvalue weighted by atomic mass is 10.1. The maximum atomic E-state index is 12.4. The molecular formula is C14H18N2O2. The van der Waals surface area contributed by atoms with Crippen LogP contribution in [0.25, 0.3) is 0 Å². The highest BCUT2D eigenvalue weighted by atomic mass is 16.5. The Morgan fingerprint density at radius 2 is 2.17 bits per heavy atom. The predicted molar refractivity (Wildman–Crippen MR) is 68.6 cm³/mol. The van der Waals surface area contributed by atoms with Crippen molar-refractivity contribution in [1.82, 2.24) is 10.2 Å². The molecule has 1 aromatic rings. The van der Waals surface area contributed by atoms with Crippen LogP contribution in [-0.2, 0) is 11.2 Å². The average molecular weight is 246 g/mol. The highest BCUT2D eigenvalue weighted by Gasteiger charge is 2.32. The molecule has 0 spiro atoms. The van der Waals surface area contributed by atoms with E-state index in [1.807, 2.05) is 29.2 Å². The summed E-state index contributed by atoms with van der Waals surface area (Å²) in [7, 11) is 0. The van der Waals surface area contributed by atoms with Crippen molar-refractivity contribution >= 4 is 5.91 Å². The maximum Gasteiger partial charge on any atom is 0.264 e. The van der Waals surface area contributed by atoms with E-state index in [0.29, 0.717) is 6.42 Å². The standard InChI is InChI=1S/C14H18N2O2/c17-14(16-8-3-6-15-7-9-16)13-10-11-4-1-2-5-12(11)18-13/h1-2,4-5,13,15H,3,6-10H2. The van der Waals surface area contributed by atoms with Gasteiger partial charge in [-0.3, -0.25) is 4.79 Å². The van der Waals surface area contributed by atoms with Gasteiger partial charge in [0.05, 0.1) is 0 Å². The van der Waals surface area contributed by atoms with Crippen LogP contribution in [0.4, 0.5) is 0 Å². The van der Waals surface area contributed by atoms with E-state index >= 15 is 0 Å². The topological polar surface area (TPSA) is 41.6 Å². The first-order valence-electron chi connectivity index (χ1n) is 6.58. The Morgan fingerprint density at radius 1 is 1.28 bits per heavy atom. The number of carbonyl (C=O) groups is 1. The van der Waals surface area contributed by atoms with Crippen LogP contribution in [0, 0.1) is 0 Å². The number of fused-ring (bicyclic) bond motifs is 1. The SMILES string of the molecule is O=C(C1Cc2ccccc2O1)N1CCCNCC1. The molecule has 1 unspecified atom stereocenters. The molecule has 0 aromatic heterocycles. The number of para-hydroxylation sites is 1. The van der Waals surface area contributed by atoms with Gasteiger partial charge in [0.2, 0.25) is 0 Å². The van der Waals surface area contributed by atoms with Crippen LogP contribution in [0.15, 0.2) is 24.3 Å². The summed E-state index contributed by atoms with van der Waals surface area (Å²) < 4.78 is 5.75. The van der Waals surface area contributed by atoms with Crippen molar-refractivity contribution in [1.29, 1.82) is 0 Å². The molecule has 4 nitrogen and oxygen atoms in total. The third-order valence-corrected chi connectivity index (χ3v) is 3.57. The van der Waals surface area contributed by atoms with Crippen LogP contribution in [0.5, 0.6) is 5.75 Å². The highest BCUT2D eigenvalue weighted by molar-refractivity contribution is 5.82. The highest BCUT2D eigenvalue weighted by Crippen LogP contribution is 2.28. The second kappa shape index (κ2) is 4.98. The van der Waals surface area contributed by atoms with Gasteiger partial charge < -0.3 is 15.0 Å². The van der Waals surface area contributed by atoms with Gasteiger partial charge in [0.1, 0.15) is 5.75 Å². The molecule has 0 bridgehead atoms. The first-order chi connectivity index (χ1) is 8.84. The minimum atomic E-state index is -0.319. The van der Waals surface area contributed by atoms with E-state index in [1.54, 1.807) is 0 Å². The Bertz CT molecular complexity index is 414. The van der Waals surface area contributed by atoms with E-state index in [0.717, 1.165) is 43.9 Å². The fourth-order valence-electron chi connectivity index (χ4n) is 2.59. The molecule has 1 saturated heterocycles. The lowest BCUT2D eigenvalue weighted by molar-refractivity contribution is -0.137. The molecule has 1 atom stereocenters. The number of amides is 1. The molecule has 18 heavy (non-hydrogen) atoms. The van der Waals surface area contributed by atoms with Gasteiger partial charge in [0.25, 0.3) is 5.91 Å². The quantitative estimate of drug-likeness (QED) is 0.797. The Kier molecular flexibility index (Phi) is 3.19. The molecule has 2 aliphatic heterocycles. The molecule has 3 rings (SSSR count). The van der Waals surface area contributed by atoms with Crippen molar-refractivity contribution in [2.75, 3.05) is 26.2 Å². The summed E-state index contributed by atoms with van der Waals surface area (Å²) in [5.41, 5.74) is 1.14. The fraction of sp³-hybridized carbons (Fsp3) is 0.500. The number of benzene rings is 1. The maximum absolute atomic E-state index is 12.4. The van der Waals surface area contributed by atoms with Crippen LogP contribution in [0.2, 0.25) is 0 Å². The van der Waals surface area contributed by atoms with Gasteiger partial charge in [0.15, 0.2) is 6.10 Å². The molecule has 0 saturated carbocycles. The predicted octanol–water partition coefficient (Wildman–Crippen LogP) is 0.812. The molecule has 1 amide bonds. The average Bonchev–Trinajstić information content (AvgIpc) is 2.64. The van der Waals surface area contributed by atoms with Gasteiger partial charge in [-0.2, -0.15) is 0 Å². The van der Waals surface area contributed by atoms with Crippen LogP contribution in [0.3, 0.4) is 0 Å². The second-order valence-corrected chi connectivity index (χ2v) is 4.85. The van der Waals surface area contributed by atoms with Gasteiger partial charge >= 0.3 is 0 Å². The summed E-state index contributed by atoms with van der Waals surface area (Å²) >= 11 is 0. The minimum Gasteiger partial charge on any atom is -0.480 e. The summed E-state index contributed by atoms with van der Waals surface area (Å²) in [4.78, 5) is 14.3. The third-order valence-electron chi connectivity index (χ3n) is 3.57. The number of rotatable bonds is 1. The summed E-state index contributed by atoms with van der Waals surface area (Å²) in [6.45, 7) is 3.50. The van der Waals surface area contributed by atoms with E-state index in [2.05, 4.69) is 5.32 Å². The number of nitrogens with one attached hydrogen (secondary N) is 1. The zero-order valence-electron chi connectivity index (χ0n) is 10.4. The molecule has 2 aliphatic rings. The normalized spacial score (nSPS) is 23.1. The molecule has 1 fully saturated rings. The first-order valence-corrected chi connectivity index (χ1v) is 6.58. The number of ether oxygens (including phenoxy) is 1. The van der Waals surface area contributed by atoms with Gasteiger partial charge in [-0.15, -0.1) is 0 Å².